The molecule has 0 radical (unpaired) electrons. The van der Waals surface area contributed by atoms with E-state index in [0.29, 0.717) is 5.75 Å². The van der Waals surface area contributed by atoms with E-state index in [2.05, 4.69) is 12.5 Å². The zero-order valence-corrected chi connectivity index (χ0v) is 8.21. The van der Waals surface area contributed by atoms with Crippen molar-refractivity contribution in [1.82, 2.24) is 0 Å². The minimum absolute atomic E-state index is 0.118. The van der Waals surface area contributed by atoms with Crippen molar-refractivity contribution in [3.8, 4) is 0 Å². The molecule has 0 amide bonds. The molecule has 8 heteroatoms. The van der Waals surface area contributed by atoms with Gasteiger partial charge in [0.1, 0.15) is 0 Å². The molecule has 0 saturated carbocycles. The van der Waals surface area contributed by atoms with Crippen molar-refractivity contribution >= 4 is 27.6 Å². The van der Waals surface area contributed by atoms with Crippen LogP contribution in [0, 0.1) is 0 Å². The van der Waals surface area contributed by atoms with Crippen LogP contribution in [0.25, 0.3) is 0 Å². The highest BCUT2D eigenvalue weighted by Crippen LogP contribution is 2.27. The predicted molar refractivity (Wildman–Crippen MR) is 47.4 cm³/mol. The van der Waals surface area contributed by atoms with Gasteiger partial charge in [0.2, 0.25) is 0 Å². The molecule has 1 unspecified atom stereocenters. The summed E-state index contributed by atoms with van der Waals surface area (Å²) in [7, 11) is -1.56. The Kier molecular flexibility index (Phi) is 2.06. The standard InChI is InChI=1S/C5H6F3N3S2/c1-3-2-12-9-4(5(6,7)8)10-13(3)11-12/h3H,2H2,1H3/t3-,12+,13?/m0/s1. The molecule has 0 aliphatic carbocycles. The summed E-state index contributed by atoms with van der Waals surface area (Å²) >= 11 is 0. The summed E-state index contributed by atoms with van der Waals surface area (Å²) in [5.74, 6) is -0.356. The smallest absolute Gasteiger partial charge is 0.180 e. The van der Waals surface area contributed by atoms with Crippen molar-refractivity contribution in [3.05, 3.63) is 0 Å². The number of alkyl halides is 3. The highest BCUT2D eigenvalue weighted by molar-refractivity contribution is 8.01. The van der Waals surface area contributed by atoms with Crippen LogP contribution in [0.3, 0.4) is 0 Å². The van der Waals surface area contributed by atoms with Crippen LogP contribution in [-0.4, -0.2) is 23.0 Å². The minimum Gasteiger partial charge on any atom is -0.180 e. The first-order chi connectivity index (χ1) is 5.97. The summed E-state index contributed by atoms with van der Waals surface area (Å²) in [6, 6.07) is 0. The quantitative estimate of drug-likeness (QED) is 0.607. The zero-order chi connectivity index (χ0) is 9.64. The molecule has 13 heavy (non-hydrogen) atoms. The first-order valence-corrected chi connectivity index (χ1v) is 6.01. The summed E-state index contributed by atoms with van der Waals surface area (Å²) in [5.41, 5.74) is 0. The molecule has 0 spiro atoms. The Balaban J connectivity index is 2.38. The molecule has 2 aliphatic rings. The van der Waals surface area contributed by atoms with Gasteiger partial charge < -0.3 is 0 Å². The fourth-order valence-corrected chi connectivity index (χ4v) is 4.98. The third kappa shape index (κ3) is 1.69. The maximum Gasteiger partial charge on any atom is 0.452 e. The lowest BCUT2D eigenvalue weighted by molar-refractivity contribution is -0.0593. The van der Waals surface area contributed by atoms with Crippen molar-refractivity contribution in [2.45, 2.75) is 18.3 Å². The van der Waals surface area contributed by atoms with E-state index >= 15 is 0 Å². The lowest BCUT2D eigenvalue weighted by Gasteiger charge is -2.07. The van der Waals surface area contributed by atoms with Gasteiger partial charge in [-0.3, -0.25) is 0 Å². The lowest BCUT2D eigenvalue weighted by atomic mass is 10.6. The van der Waals surface area contributed by atoms with Crippen molar-refractivity contribution in [2.24, 2.45) is 12.5 Å². The van der Waals surface area contributed by atoms with Crippen molar-refractivity contribution in [1.29, 1.82) is 0 Å². The van der Waals surface area contributed by atoms with E-state index < -0.39 is 33.8 Å². The van der Waals surface area contributed by atoms with E-state index in [-0.39, 0.29) is 5.25 Å². The monoisotopic (exact) mass is 229 g/mol. The first kappa shape index (κ1) is 9.32. The van der Waals surface area contributed by atoms with E-state index in [4.69, 9.17) is 0 Å². The van der Waals surface area contributed by atoms with E-state index in [1.54, 1.807) is 0 Å². The molecule has 0 saturated heterocycles. The second-order valence-corrected chi connectivity index (χ2v) is 6.05. The molecule has 0 fully saturated rings. The van der Waals surface area contributed by atoms with Crippen LogP contribution in [0.5, 0.6) is 0 Å². The van der Waals surface area contributed by atoms with E-state index in [1.165, 1.54) is 0 Å². The number of fused-ring (bicyclic) bond motifs is 1. The summed E-state index contributed by atoms with van der Waals surface area (Å²) in [6.45, 7) is 1.86. The molecule has 0 N–H and O–H groups in total. The van der Waals surface area contributed by atoms with Gasteiger partial charge in [0.05, 0.1) is 0 Å². The topological polar surface area (TPSA) is 37.1 Å². The van der Waals surface area contributed by atoms with Crippen molar-refractivity contribution in [3.63, 3.8) is 0 Å². The minimum atomic E-state index is -4.41. The molecular formula is C5H6F3N3S2. The Morgan fingerprint density at radius 2 is 2.15 bits per heavy atom. The molecule has 2 aliphatic heterocycles. The van der Waals surface area contributed by atoms with Crippen LogP contribution in [0.15, 0.2) is 12.5 Å². The van der Waals surface area contributed by atoms with Crippen LogP contribution < -0.4 is 0 Å². The van der Waals surface area contributed by atoms with E-state index in [9.17, 15) is 13.2 Å². The van der Waals surface area contributed by atoms with Gasteiger partial charge in [-0.15, -0.1) is 0 Å². The fraction of sp³-hybridized carbons (Fsp3) is 0.800. The van der Waals surface area contributed by atoms with Gasteiger partial charge in [-0.05, 0) is 6.92 Å². The molecule has 3 atom stereocenters. The molecular weight excluding hydrogens is 223 g/mol. The molecule has 2 heterocycles. The Morgan fingerprint density at radius 3 is 2.69 bits per heavy atom. The van der Waals surface area contributed by atoms with Gasteiger partial charge in [0.25, 0.3) is 5.84 Å². The van der Waals surface area contributed by atoms with Crippen LogP contribution in [-0.2, 0) is 21.8 Å². The summed E-state index contributed by atoms with van der Waals surface area (Å²) < 4.78 is 47.5. The van der Waals surface area contributed by atoms with Crippen molar-refractivity contribution in [2.75, 3.05) is 5.75 Å². The molecule has 3 nitrogen and oxygen atoms in total. The molecule has 0 aromatic heterocycles. The zero-order valence-electron chi connectivity index (χ0n) is 6.58. The van der Waals surface area contributed by atoms with Crippen LogP contribution in [0.2, 0.25) is 0 Å². The number of rotatable bonds is 0. The van der Waals surface area contributed by atoms with Gasteiger partial charge in [0.15, 0.2) is 0 Å². The number of hydrogen-bond donors (Lipinski definition) is 0. The SMILES string of the molecule is C[C@H]1C[S@@]2=NC(C(F)(F)F)=NS1=N2. The molecule has 0 aromatic rings. The average molecular weight is 229 g/mol. The number of halogens is 3. The highest BCUT2D eigenvalue weighted by Gasteiger charge is 2.40. The maximum absolute atomic E-state index is 12.2. The van der Waals surface area contributed by atoms with Crippen molar-refractivity contribution < 1.29 is 13.2 Å². The Labute approximate surface area is 77.9 Å². The van der Waals surface area contributed by atoms with Gasteiger partial charge in [-0.1, -0.05) is 0 Å². The Bertz CT molecular complexity index is 343. The Morgan fingerprint density at radius 1 is 1.46 bits per heavy atom. The van der Waals surface area contributed by atoms with Gasteiger partial charge in [-0.2, -0.15) is 25.7 Å². The molecule has 2 bridgehead atoms. The summed E-state index contributed by atoms with van der Waals surface area (Å²) in [4.78, 5) is 0. The first-order valence-electron chi connectivity index (χ1n) is 3.50. The Hall–Kier alpha value is -0.240. The molecule has 0 aromatic carbocycles. The predicted octanol–water partition coefficient (Wildman–Crippen LogP) is 1.80. The van der Waals surface area contributed by atoms with Gasteiger partial charge in [-0.25, -0.2) is 0 Å². The van der Waals surface area contributed by atoms with E-state index in [0.717, 1.165) is 0 Å². The lowest BCUT2D eigenvalue weighted by Crippen LogP contribution is -2.22. The maximum atomic E-state index is 12.2. The van der Waals surface area contributed by atoms with Gasteiger partial charge >= 0.3 is 6.18 Å². The number of nitrogens with zero attached hydrogens (tertiary/aromatic N) is 3. The van der Waals surface area contributed by atoms with Crippen LogP contribution in [0.1, 0.15) is 6.92 Å². The number of hydrogen-bond acceptors (Lipinski definition) is 3. The number of amidine groups is 1. The normalized spacial score (nSPS) is 37.8. The molecule has 2 rings (SSSR count). The largest absolute Gasteiger partial charge is 0.452 e. The summed E-state index contributed by atoms with van der Waals surface area (Å²) in [6.07, 6.45) is -4.41. The highest BCUT2D eigenvalue weighted by atomic mass is 32.2. The molecule has 74 valence electrons. The van der Waals surface area contributed by atoms with Gasteiger partial charge in [0, 0.05) is 32.8 Å². The average Bonchev–Trinajstić information content (AvgIpc) is 2.24. The summed E-state index contributed by atoms with van der Waals surface area (Å²) in [5, 5.41) is 0.118. The fourth-order valence-electron chi connectivity index (χ4n) is 0.932. The third-order valence-corrected chi connectivity index (χ3v) is 5.47. The van der Waals surface area contributed by atoms with Crippen LogP contribution in [0.4, 0.5) is 13.2 Å². The second-order valence-electron chi connectivity index (χ2n) is 2.69. The van der Waals surface area contributed by atoms with E-state index in [1.807, 2.05) is 6.92 Å². The van der Waals surface area contributed by atoms with Crippen LogP contribution >= 0.6 is 0 Å². The second kappa shape index (κ2) is 2.88. The third-order valence-electron chi connectivity index (χ3n) is 1.53.